The lowest BCUT2D eigenvalue weighted by Crippen LogP contribution is -2.24. The summed E-state index contributed by atoms with van der Waals surface area (Å²) in [4.78, 5) is 24.3. The zero-order chi connectivity index (χ0) is 15.9. The lowest BCUT2D eigenvalue weighted by atomic mass is 10.2. The monoisotopic (exact) mass is 336 g/mol. The zero-order valence-corrected chi connectivity index (χ0v) is 14.1. The predicted octanol–water partition coefficient (Wildman–Crippen LogP) is 3.24. The van der Waals surface area contributed by atoms with Crippen LogP contribution in [0.25, 0.3) is 0 Å². The van der Waals surface area contributed by atoms with Gasteiger partial charge in [0, 0.05) is 16.8 Å². The average Bonchev–Trinajstić information content (AvgIpc) is 2.95. The Hall–Kier alpha value is -1.83. The smallest absolute Gasteiger partial charge is 0.380 e. The molecule has 1 N–H and O–H groups in total. The van der Waals surface area contributed by atoms with Crippen molar-refractivity contribution in [3.8, 4) is 0 Å². The Morgan fingerprint density at radius 1 is 1.27 bits per heavy atom. The minimum atomic E-state index is -0.586. The zero-order valence-electron chi connectivity index (χ0n) is 12.5. The van der Waals surface area contributed by atoms with Gasteiger partial charge >= 0.3 is 5.97 Å². The predicted molar refractivity (Wildman–Crippen MR) is 88.3 cm³/mol. The lowest BCUT2D eigenvalue weighted by Gasteiger charge is -2.06. The number of rotatable bonds is 6. The molecule has 0 saturated heterocycles. The molecule has 0 saturated carbocycles. The highest BCUT2D eigenvalue weighted by Gasteiger charge is 2.22. The van der Waals surface area contributed by atoms with Gasteiger partial charge in [0.25, 0.3) is 0 Å². The Morgan fingerprint density at radius 3 is 2.64 bits per heavy atom. The molecule has 1 aromatic heterocycles. The standard InChI is InChI=1S/C15H16N2O3S2/c1-10-4-6-11(7-5-10)22-12-8-9-21-14(12)13(17-19-3)15(18)20-16-2/h4-9,16H,1-3H3/b17-13-. The molecular formula is C15H16N2O3S2. The molecule has 1 heterocycles. The van der Waals surface area contributed by atoms with Crippen molar-refractivity contribution in [2.24, 2.45) is 5.16 Å². The van der Waals surface area contributed by atoms with E-state index in [2.05, 4.69) is 10.6 Å². The van der Waals surface area contributed by atoms with E-state index in [1.54, 1.807) is 11.8 Å². The van der Waals surface area contributed by atoms with Gasteiger partial charge in [0.2, 0.25) is 5.71 Å². The lowest BCUT2D eigenvalue weighted by molar-refractivity contribution is -0.141. The first kappa shape index (κ1) is 16.5. The molecule has 0 amide bonds. The summed E-state index contributed by atoms with van der Waals surface area (Å²) in [7, 11) is 2.91. The van der Waals surface area contributed by atoms with Crippen LogP contribution in [-0.4, -0.2) is 25.8 Å². The fourth-order valence-electron chi connectivity index (χ4n) is 1.69. The van der Waals surface area contributed by atoms with Crippen LogP contribution in [0, 0.1) is 6.92 Å². The van der Waals surface area contributed by atoms with Crippen LogP contribution in [0.1, 0.15) is 10.4 Å². The van der Waals surface area contributed by atoms with Gasteiger partial charge in [0.15, 0.2) is 0 Å². The number of oxime groups is 1. The van der Waals surface area contributed by atoms with Crippen molar-refractivity contribution in [3.05, 3.63) is 46.2 Å². The SMILES string of the molecule is CNOC(=O)/C(=N\OC)c1sccc1Sc1ccc(C)cc1. The Balaban J connectivity index is 2.28. The molecule has 0 radical (unpaired) electrons. The van der Waals surface area contributed by atoms with Gasteiger partial charge in [-0.25, -0.2) is 4.79 Å². The summed E-state index contributed by atoms with van der Waals surface area (Å²) in [6, 6.07) is 10.1. The van der Waals surface area contributed by atoms with Gasteiger partial charge in [0.1, 0.15) is 7.11 Å². The molecule has 2 aromatic rings. The van der Waals surface area contributed by atoms with Crippen molar-refractivity contribution in [2.75, 3.05) is 14.2 Å². The average molecular weight is 336 g/mol. The van der Waals surface area contributed by atoms with Crippen LogP contribution >= 0.6 is 23.1 Å². The van der Waals surface area contributed by atoms with Gasteiger partial charge in [-0.3, -0.25) is 0 Å². The van der Waals surface area contributed by atoms with E-state index in [1.165, 1.54) is 31.1 Å². The van der Waals surface area contributed by atoms with E-state index < -0.39 is 5.97 Å². The second kappa shape index (κ2) is 7.98. The number of nitrogens with one attached hydrogen (secondary N) is 1. The van der Waals surface area contributed by atoms with Gasteiger partial charge in [-0.05, 0) is 30.5 Å². The van der Waals surface area contributed by atoms with Crippen LogP contribution in [0.15, 0.2) is 50.7 Å². The van der Waals surface area contributed by atoms with Crippen LogP contribution in [0.4, 0.5) is 0 Å². The number of hydrogen-bond acceptors (Lipinski definition) is 7. The molecule has 2 rings (SSSR count). The van der Waals surface area contributed by atoms with Crippen molar-refractivity contribution in [1.82, 2.24) is 5.48 Å². The fraction of sp³-hybridized carbons (Fsp3) is 0.200. The summed E-state index contributed by atoms with van der Waals surface area (Å²) < 4.78 is 0. The number of hydrogen-bond donors (Lipinski definition) is 1. The van der Waals surface area contributed by atoms with Gasteiger partial charge < -0.3 is 9.68 Å². The first-order valence-electron chi connectivity index (χ1n) is 6.47. The first-order chi connectivity index (χ1) is 10.7. The highest BCUT2D eigenvalue weighted by atomic mass is 32.2. The summed E-state index contributed by atoms with van der Waals surface area (Å²) in [5.74, 6) is -0.586. The molecule has 0 spiro atoms. The molecule has 0 fully saturated rings. The van der Waals surface area contributed by atoms with Crippen molar-refractivity contribution in [3.63, 3.8) is 0 Å². The largest absolute Gasteiger partial charge is 0.398 e. The summed E-state index contributed by atoms with van der Waals surface area (Å²) in [5.41, 5.74) is 3.70. The number of nitrogens with zero attached hydrogens (tertiary/aromatic N) is 1. The van der Waals surface area contributed by atoms with Crippen LogP contribution in [0.2, 0.25) is 0 Å². The maximum absolute atomic E-state index is 12.0. The van der Waals surface area contributed by atoms with E-state index in [1.807, 2.05) is 42.6 Å². The molecule has 0 aliphatic carbocycles. The topological polar surface area (TPSA) is 59.9 Å². The molecule has 5 nitrogen and oxygen atoms in total. The van der Waals surface area contributed by atoms with E-state index in [0.29, 0.717) is 4.88 Å². The molecular weight excluding hydrogens is 320 g/mol. The normalized spacial score (nSPS) is 11.3. The number of carbonyl (C=O) groups is 1. The van der Waals surface area contributed by atoms with Crippen LogP contribution in [-0.2, 0) is 14.5 Å². The van der Waals surface area contributed by atoms with E-state index in [4.69, 9.17) is 9.68 Å². The molecule has 1 aromatic carbocycles. The first-order valence-corrected chi connectivity index (χ1v) is 8.16. The van der Waals surface area contributed by atoms with Crippen molar-refractivity contribution in [2.45, 2.75) is 16.7 Å². The molecule has 22 heavy (non-hydrogen) atoms. The fourth-order valence-corrected chi connectivity index (χ4v) is 3.65. The van der Waals surface area contributed by atoms with Crippen molar-refractivity contribution in [1.29, 1.82) is 0 Å². The quantitative estimate of drug-likeness (QED) is 0.648. The van der Waals surface area contributed by atoms with Gasteiger partial charge in [-0.2, -0.15) is 5.48 Å². The summed E-state index contributed by atoms with van der Waals surface area (Å²) in [6.45, 7) is 2.04. The number of thiophene rings is 1. The number of carbonyl (C=O) groups excluding carboxylic acids is 1. The van der Waals surface area contributed by atoms with Crippen molar-refractivity contribution < 1.29 is 14.5 Å². The van der Waals surface area contributed by atoms with E-state index in [9.17, 15) is 4.79 Å². The molecule has 116 valence electrons. The van der Waals surface area contributed by atoms with Crippen molar-refractivity contribution >= 4 is 34.8 Å². The molecule has 0 atom stereocenters. The second-order valence-corrected chi connectivity index (χ2v) is 6.28. The third-order valence-electron chi connectivity index (χ3n) is 2.66. The van der Waals surface area contributed by atoms with Gasteiger partial charge in [-0.1, -0.05) is 34.6 Å². The summed E-state index contributed by atoms with van der Waals surface area (Å²) in [6.07, 6.45) is 0. The number of hydroxylamine groups is 1. The minimum absolute atomic E-state index is 0.140. The van der Waals surface area contributed by atoms with Crippen LogP contribution in [0.5, 0.6) is 0 Å². The molecule has 0 bridgehead atoms. The molecule has 0 aliphatic heterocycles. The van der Waals surface area contributed by atoms with Gasteiger partial charge in [0.05, 0.1) is 4.88 Å². The van der Waals surface area contributed by atoms with Crippen LogP contribution < -0.4 is 5.48 Å². The maximum atomic E-state index is 12.0. The third-order valence-corrected chi connectivity index (χ3v) is 4.78. The second-order valence-electron chi connectivity index (χ2n) is 4.25. The molecule has 7 heteroatoms. The Bertz CT molecular complexity index is 666. The van der Waals surface area contributed by atoms with E-state index >= 15 is 0 Å². The van der Waals surface area contributed by atoms with E-state index in [0.717, 1.165) is 9.79 Å². The third kappa shape index (κ3) is 4.09. The summed E-state index contributed by atoms with van der Waals surface area (Å²) in [5, 5.41) is 5.71. The minimum Gasteiger partial charge on any atom is -0.398 e. The van der Waals surface area contributed by atoms with Gasteiger partial charge in [-0.15, -0.1) is 11.3 Å². The Labute approximate surface area is 137 Å². The Kier molecular flexibility index (Phi) is 6.00. The highest BCUT2D eigenvalue weighted by molar-refractivity contribution is 7.99. The van der Waals surface area contributed by atoms with E-state index in [-0.39, 0.29) is 5.71 Å². The number of benzene rings is 1. The highest BCUT2D eigenvalue weighted by Crippen LogP contribution is 2.34. The van der Waals surface area contributed by atoms with Crippen LogP contribution in [0.3, 0.4) is 0 Å². The molecule has 0 aliphatic rings. The summed E-state index contributed by atoms with van der Waals surface area (Å²) >= 11 is 2.98. The Morgan fingerprint density at radius 2 is 2.00 bits per heavy atom. The number of aryl methyl sites for hydroxylation is 1. The molecule has 0 unspecified atom stereocenters. The maximum Gasteiger partial charge on any atom is 0.380 e.